The van der Waals surface area contributed by atoms with Crippen LogP contribution in [0.1, 0.15) is 25.3 Å². The quantitative estimate of drug-likeness (QED) is 0.486. The lowest BCUT2D eigenvalue weighted by molar-refractivity contribution is -0.138. The maximum absolute atomic E-state index is 13.8. The summed E-state index contributed by atoms with van der Waals surface area (Å²) in [6.07, 6.45) is 1.82. The number of hydrogen-bond acceptors (Lipinski definition) is 5. The summed E-state index contributed by atoms with van der Waals surface area (Å²) in [6, 6.07) is 5.02. The molecule has 0 spiro atoms. The van der Waals surface area contributed by atoms with Crippen molar-refractivity contribution in [1.82, 2.24) is 0 Å². The molecular formula is C18H27FO6. The lowest BCUT2D eigenvalue weighted by atomic mass is 10.1. The van der Waals surface area contributed by atoms with E-state index in [-0.39, 0.29) is 31.2 Å². The Labute approximate surface area is 147 Å². The Hall–Kier alpha value is -1.70. The van der Waals surface area contributed by atoms with Crippen LogP contribution in [0.4, 0.5) is 4.39 Å². The van der Waals surface area contributed by atoms with Crippen LogP contribution < -0.4 is 4.74 Å². The van der Waals surface area contributed by atoms with E-state index in [4.69, 9.17) is 24.1 Å². The number of aliphatic carboxylic acids is 1. The zero-order chi connectivity index (χ0) is 18.3. The van der Waals surface area contributed by atoms with Gasteiger partial charge in [-0.1, -0.05) is 19.4 Å². The van der Waals surface area contributed by atoms with Gasteiger partial charge in [0, 0.05) is 0 Å². The number of carboxylic acid groups (broad SMARTS) is 1. The smallest absolute Gasteiger partial charge is 0.305 e. The van der Waals surface area contributed by atoms with Crippen LogP contribution in [0.2, 0.25) is 0 Å². The van der Waals surface area contributed by atoms with Crippen molar-refractivity contribution in [2.75, 3.05) is 46.2 Å². The van der Waals surface area contributed by atoms with Crippen LogP contribution in [0, 0.1) is 5.82 Å². The van der Waals surface area contributed by atoms with Crippen molar-refractivity contribution < 1.29 is 33.2 Å². The molecule has 1 rings (SSSR count). The number of carbonyl (C=O) groups is 1. The van der Waals surface area contributed by atoms with E-state index in [0.29, 0.717) is 33.0 Å². The molecule has 0 unspecified atom stereocenters. The van der Waals surface area contributed by atoms with E-state index in [0.717, 1.165) is 18.4 Å². The van der Waals surface area contributed by atoms with E-state index in [2.05, 4.69) is 6.92 Å². The average Bonchev–Trinajstić information content (AvgIpc) is 2.57. The van der Waals surface area contributed by atoms with Crippen LogP contribution in [0.15, 0.2) is 18.2 Å². The molecule has 0 aliphatic heterocycles. The second kappa shape index (κ2) is 13.6. The predicted molar refractivity (Wildman–Crippen MR) is 90.6 cm³/mol. The molecule has 0 fully saturated rings. The maximum atomic E-state index is 13.8. The van der Waals surface area contributed by atoms with Crippen molar-refractivity contribution >= 4 is 5.97 Å². The molecule has 1 aromatic rings. The third-order valence-electron chi connectivity index (χ3n) is 3.22. The van der Waals surface area contributed by atoms with Gasteiger partial charge in [0.05, 0.1) is 46.1 Å². The number of aryl methyl sites for hydroxylation is 1. The zero-order valence-electron chi connectivity index (χ0n) is 14.7. The van der Waals surface area contributed by atoms with E-state index < -0.39 is 5.97 Å². The predicted octanol–water partition coefficient (Wildman–Crippen LogP) is 2.68. The van der Waals surface area contributed by atoms with Crippen LogP contribution >= 0.6 is 0 Å². The summed E-state index contributed by atoms with van der Waals surface area (Å²) >= 11 is 0. The molecule has 7 heteroatoms. The summed E-state index contributed by atoms with van der Waals surface area (Å²) < 4.78 is 34.8. The molecule has 0 saturated heterocycles. The van der Waals surface area contributed by atoms with Gasteiger partial charge in [-0.2, -0.15) is 0 Å². The molecule has 0 radical (unpaired) electrons. The maximum Gasteiger partial charge on any atom is 0.305 e. The molecule has 0 atom stereocenters. The van der Waals surface area contributed by atoms with E-state index in [9.17, 15) is 9.18 Å². The molecule has 0 heterocycles. The van der Waals surface area contributed by atoms with Crippen LogP contribution in [-0.4, -0.2) is 57.3 Å². The van der Waals surface area contributed by atoms with Crippen molar-refractivity contribution in [1.29, 1.82) is 0 Å². The third-order valence-corrected chi connectivity index (χ3v) is 3.22. The van der Waals surface area contributed by atoms with Gasteiger partial charge in [-0.05, 0) is 24.1 Å². The van der Waals surface area contributed by atoms with Crippen LogP contribution in [0.5, 0.6) is 5.75 Å². The summed E-state index contributed by atoms with van der Waals surface area (Å²) in [5, 5.41) is 8.42. The Bertz CT molecular complexity index is 494. The number of benzene rings is 1. The summed E-state index contributed by atoms with van der Waals surface area (Å²) in [6.45, 7) is 4.38. The topological polar surface area (TPSA) is 74.2 Å². The normalized spacial score (nSPS) is 10.8. The van der Waals surface area contributed by atoms with E-state index >= 15 is 0 Å². The highest BCUT2D eigenvalue weighted by Crippen LogP contribution is 2.19. The Balaban J connectivity index is 1.96. The van der Waals surface area contributed by atoms with E-state index in [1.807, 2.05) is 6.07 Å². The van der Waals surface area contributed by atoms with Gasteiger partial charge in [0.2, 0.25) is 0 Å². The lowest BCUT2D eigenvalue weighted by Gasteiger charge is -2.09. The molecule has 0 amide bonds. The fourth-order valence-corrected chi connectivity index (χ4v) is 2.02. The van der Waals surface area contributed by atoms with Gasteiger partial charge >= 0.3 is 5.97 Å². The van der Waals surface area contributed by atoms with Crippen LogP contribution in [0.3, 0.4) is 0 Å². The summed E-state index contributed by atoms with van der Waals surface area (Å²) in [7, 11) is 0. The number of rotatable bonds is 15. The van der Waals surface area contributed by atoms with Crippen molar-refractivity contribution in [3.8, 4) is 5.75 Å². The van der Waals surface area contributed by atoms with Crippen LogP contribution in [-0.2, 0) is 25.4 Å². The van der Waals surface area contributed by atoms with Gasteiger partial charge in [-0.15, -0.1) is 0 Å². The standard InChI is InChI=1S/C18H27FO6/c1-2-3-15-4-5-17(16(19)14-15)25-13-12-24-11-10-23-9-8-22-7-6-18(20)21/h4-5,14H,2-3,6-13H2,1H3,(H,20,21). The Morgan fingerprint density at radius 3 is 2.16 bits per heavy atom. The monoisotopic (exact) mass is 358 g/mol. The number of halogens is 1. The Kier molecular flexibility index (Phi) is 11.6. The van der Waals surface area contributed by atoms with Crippen molar-refractivity contribution in [2.24, 2.45) is 0 Å². The lowest BCUT2D eigenvalue weighted by Crippen LogP contribution is -2.13. The highest BCUT2D eigenvalue weighted by molar-refractivity contribution is 5.66. The minimum Gasteiger partial charge on any atom is -0.488 e. The SMILES string of the molecule is CCCc1ccc(OCCOCCOCCOCCC(=O)O)c(F)c1. The molecule has 142 valence electrons. The van der Waals surface area contributed by atoms with E-state index in [1.54, 1.807) is 6.07 Å². The van der Waals surface area contributed by atoms with Gasteiger partial charge in [-0.25, -0.2) is 4.39 Å². The molecule has 25 heavy (non-hydrogen) atoms. The largest absolute Gasteiger partial charge is 0.488 e. The van der Waals surface area contributed by atoms with Gasteiger partial charge < -0.3 is 24.1 Å². The molecular weight excluding hydrogens is 331 g/mol. The summed E-state index contributed by atoms with van der Waals surface area (Å²) in [5.41, 5.74) is 0.965. The number of hydrogen-bond donors (Lipinski definition) is 1. The van der Waals surface area contributed by atoms with Gasteiger partial charge in [0.25, 0.3) is 0 Å². The second-order valence-electron chi connectivity index (χ2n) is 5.34. The minimum atomic E-state index is -0.881. The summed E-state index contributed by atoms with van der Waals surface area (Å²) in [4.78, 5) is 10.3. The molecule has 0 saturated carbocycles. The van der Waals surface area contributed by atoms with Gasteiger partial charge in [0.1, 0.15) is 6.61 Å². The van der Waals surface area contributed by atoms with Gasteiger partial charge in [-0.3, -0.25) is 4.79 Å². The highest BCUT2D eigenvalue weighted by Gasteiger charge is 2.04. The second-order valence-corrected chi connectivity index (χ2v) is 5.34. The molecule has 1 N–H and O–H groups in total. The van der Waals surface area contributed by atoms with Gasteiger partial charge in [0.15, 0.2) is 11.6 Å². The fourth-order valence-electron chi connectivity index (χ4n) is 2.02. The zero-order valence-corrected chi connectivity index (χ0v) is 14.7. The molecule has 6 nitrogen and oxygen atoms in total. The highest BCUT2D eigenvalue weighted by atomic mass is 19.1. The first-order valence-corrected chi connectivity index (χ1v) is 8.49. The molecule has 0 aromatic heterocycles. The molecule has 0 aliphatic rings. The van der Waals surface area contributed by atoms with Crippen LogP contribution in [0.25, 0.3) is 0 Å². The van der Waals surface area contributed by atoms with Crippen molar-refractivity contribution in [3.63, 3.8) is 0 Å². The Morgan fingerprint density at radius 1 is 1.00 bits per heavy atom. The fraction of sp³-hybridized carbons (Fsp3) is 0.611. The average molecular weight is 358 g/mol. The first kappa shape index (κ1) is 21.3. The first-order chi connectivity index (χ1) is 12.1. The third kappa shape index (κ3) is 10.7. The number of carboxylic acids is 1. The van der Waals surface area contributed by atoms with Crippen molar-refractivity contribution in [2.45, 2.75) is 26.2 Å². The first-order valence-electron chi connectivity index (χ1n) is 8.49. The molecule has 1 aromatic carbocycles. The number of ether oxygens (including phenoxy) is 4. The minimum absolute atomic E-state index is 0.00889. The summed E-state index contributed by atoms with van der Waals surface area (Å²) in [5.74, 6) is -0.997. The molecule has 0 aliphatic carbocycles. The van der Waals surface area contributed by atoms with E-state index in [1.165, 1.54) is 6.07 Å². The molecule has 0 bridgehead atoms. The Morgan fingerprint density at radius 2 is 1.60 bits per heavy atom. The van der Waals surface area contributed by atoms with Crippen molar-refractivity contribution in [3.05, 3.63) is 29.6 Å².